The number of hydrogen-bond donors (Lipinski definition) is 0. The summed E-state index contributed by atoms with van der Waals surface area (Å²) in [7, 11) is 1.73. The first-order valence-corrected chi connectivity index (χ1v) is 6.35. The molecule has 2 heterocycles. The van der Waals surface area contributed by atoms with Crippen LogP contribution in [0, 0.1) is 5.41 Å². The fourth-order valence-corrected chi connectivity index (χ4v) is 2.25. The van der Waals surface area contributed by atoms with Gasteiger partial charge in [-0.15, -0.1) is 10.2 Å². The molecule has 1 aliphatic rings. The number of allylic oxidation sites excluding steroid dienone is 2. The third-order valence-corrected chi connectivity index (χ3v) is 3.42. The number of hydrogen-bond acceptors (Lipinski definition) is 3. The molecule has 0 aliphatic carbocycles. The highest BCUT2D eigenvalue weighted by atomic mass is 79.9. The lowest BCUT2D eigenvalue weighted by Crippen LogP contribution is -2.47. The Morgan fingerprint density at radius 3 is 2.78 bits per heavy atom. The number of rotatable bonds is 4. The molecule has 0 aromatic carbocycles. The number of ether oxygens (including phenoxy) is 1. The lowest BCUT2D eigenvalue weighted by atomic mass is 9.74. The number of halogens is 2. The summed E-state index contributed by atoms with van der Waals surface area (Å²) in [5, 5.41) is 7.55. The zero-order chi connectivity index (χ0) is 13.3. The Kier molecular flexibility index (Phi) is 3.68. The van der Waals surface area contributed by atoms with Gasteiger partial charge >= 0.3 is 0 Å². The molecule has 1 aromatic heterocycles. The van der Waals surface area contributed by atoms with Crippen LogP contribution in [0.25, 0.3) is 0 Å². The Bertz CT molecular complexity index is 489. The quantitative estimate of drug-likeness (QED) is 0.802. The molecule has 0 radical (unpaired) electrons. The number of aryl methyl sites for hydroxylation is 1. The second kappa shape index (κ2) is 4.93. The van der Waals surface area contributed by atoms with Crippen molar-refractivity contribution in [3.05, 3.63) is 34.9 Å². The molecule has 1 fully saturated rings. The van der Waals surface area contributed by atoms with Crippen LogP contribution in [-0.2, 0) is 11.8 Å². The summed E-state index contributed by atoms with van der Waals surface area (Å²) in [6.07, 6.45) is 2.05. The van der Waals surface area contributed by atoms with Gasteiger partial charge in [-0.1, -0.05) is 22.5 Å². The van der Waals surface area contributed by atoms with Gasteiger partial charge < -0.3 is 9.30 Å². The molecule has 1 aromatic rings. The lowest BCUT2D eigenvalue weighted by molar-refractivity contribution is -0.130. The largest absolute Gasteiger partial charge is 0.379 e. The van der Waals surface area contributed by atoms with Gasteiger partial charge in [-0.3, -0.25) is 0 Å². The van der Waals surface area contributed by atoms with Gasteiger partial charge in [0.15, 0.2) is 12.0 Å². The van der Waals surface area contributed by atoms with Crippen molar-refractivity contribution in [1.29, 1.82) is 0 Å². The zero-order valence-corrected chi connectivity index (χ0v) is 11.9. The molecule has 18 heavy (non-hydrogen) atoms. The highest BCUT2D eigenvalue weighted by Crippen LogP contribution is 2.48. The summed E-state index contributed by atoms with van der Waals surface area (Å²) in [5.74, 6) is 0.306. The molecule has 1 saturated heterocycles. The van der Waals surface area contributed by atoms with E-state index in [1.165, 1.54) is 6.33 Å². The van der Waals surface area contributed by atoms with Gasteiger partial charge in [-0.2, -0.15) is 0 Å². The fraction of sp³-hybridized carbons (Fsp3) is 0.500. The third-order valence-electron chi connectivity index (χ3n) is 3.19. The maximum atomic E-state index is 14.7. The molecule has 2 rings (SSSR count). The van der Waals surface area contributed by atoms with Crippen molar-refractivity contribution in [3.8, 4) is 0 Å². The van der Waals surface area contributed by atoms with Crippen molar-refractivity contribution in [3.63, 3.8) is 0 Å². The van der Waals surface area contributed by atoms with E-state index < -0.39 is 11.6 Å². The Balaban J connectivity index is 2.31. The average molecular weight is 316 g/mol. The molecule has 98 valence electrons. The number of alkyl halides is 1. The maximum absolute atomic E-state index is 14.7. The molecule has 0 saturated carbocycles. The van der Waals surface area contributed by atoms with Crippen molar-refractivity contribution < 1.29 is 9.13 Å². The molecule has 1 unspecified atom stereocenters. The van der Waals surface area contributed by atoms with Crippen molar-refractivity contribution in [2.24, 2.45) is 12.5 Å². The van der Waals surface area contributed by atoms with Crippen LogP contribution in [0.5, 0.6) is 0 Å². The fourth-order valence-electron chi connectivity index (χ4n) is 1.97. The van der Waals surface area contributed by atoms with Gasteiger partial charge in [0.2, 0.25) is 0 Å². The predicted molar refractivity (Wildman–Crippen MR) is 69.9 cm³/mol. The van der Waals surface area contributed by atoms with Gasteiger partial charge in [0.1, 0.15) is 6.33 Å². The van der Waals surface area contributed by atoms with Gasteiger partial charge in [0.25, 0.3) is 0 Å². The van der Waals surface area contributed by atoms with Crippen molar-refractivity contribution in [1.82, 2.24) is 14.8 Å². The van der Waals surface area contributed by atoms with E-state index in [4.69, 9.17) is 4.74 Å². The first kappa shape index (κ1) is 13.4. The topological polar surface area (TPSA) is 39.9 Å². The van der Waals surface area contributed by atoms with Crippen LogP contribution in [0.3, 0.4) is 0 Å². The number of nitrogens with zero attached hydrogens (tertiary/aromatic N) is 3. The smallest absolute Gasteiger partial charge is 0.174 e. The Morgan fingerprint density at radius 2 is 2.39 bits per heavy atom. The van der Waals surface area contributed by atoms with E-state index in [9.17, 15) is 4.39 Å². The number of aromatic nitrogens is 3. The molecule has 0 N–H and O–H groups in total. The molecular weight excluding hydrogens is 301 g/mol. The summed E-state index contributed by atoms with van der Waals surface area (Å²) < 4.78 is 22.4. The van der Waals surface area contributed by atoms with Gasteiger partial charge in [-0.25, -0.2) is 4.39 Å². The molecule has 0 amide bonds. The minimum Gasteiger partial charge on any atom is -0.379 e. The van der Waals surface area contributed by atoms with Crippen LogP contribution in [0.15, 0.2) is 29.0 Å². The van der Waals surface area contributed by atoms with Crippen LogP contribution >= 0.6 is 15.9 Å². The van der Waals surface area contributed by atoms with Crippen LogP contribution in [-0.4, -0.2) is 28.0 Å². The lowest BCUT2D eigenvalue weighted by Gasteiger charge is -2.44. The monoisotopic (exact) mass is 315 g/mol. The predicted octanol–water partition coefficient (Wildman–Crippen LogP) is 2.70. The normalized spacial score (nSPS) is 20.3. The second-order valence-corrected chi connectivity index (χ2v) is 5.82. The standard InChI is InChI=1S/C12H15BrFN3O/c1-8(4-9(2)13)12(5-18-6-12)10(14)11-16-15-7-17(11)3/h4,7,10H,1,5-6H2,2-3H3/b9-4+. The van der Waals surface area contributed by atoms with Crippen LogP contribution < -0.4 is 0 Å². The first-order chi connectivity index (χ1) is 8.47. The van der Waals surface area contributed by atoms with E-state index in [0.29, 0.717) is 24.6 Å². The first-order valence-electron chi connectivity index (χ1n) is 5.56. The highest BCUT2D eigenvalue weighted by Gasteiger charge is 2.50. The van der Waals surface area contributed by atoms with Crippen molar-refractivity contribution in [2.45, 2.75) is 13.1 Å². The summed E-state index contributed by atoms with van der Waals surface area (Å²) in [5.41, 5.74) is -0.0193. The van der Waals surface area contributed by atoms with E-state index in [2.05, 4.69) is 32.7 Å². The summed E-state index contributed by atoms with van der Waals surface area (Å²) in [4.78, 5) is 0. The van der Waals surface area contributed by atoms with E-state index >= 15 is 0 Å². The van der Waals surface area contributed by atoms with Crippen molar-refractivity contribution in [2.75, 3.05) is 13.2 Å². The van der Waals surface area contributed by atoms with Gasteiger partial charge in [0, 0.05) is 7.05 Å². The van der Waals surface area contributed by atoms with Crippen LogP contribution in [0.1, 0.15) is 18.9 Å². The van der Waals surface area contributed by atoms with E-state index in [-0.39, 0.29) is 0 Å². The van der Waals surface area contributed by atoms with E-state index in [1.807, 2.05) is 13.0 Å². The summed E-state index contributed by atoms with van der Waals surface area (Å²) >= 11 is 3.34. The molecule has 0 bridgehead atoms. The van der Waals surface area contributed by atoms with Gasteiger partial charge in [-0.05, 0) is 23.1 Å². The SMILES string of the molecule is C=C(/C=C(\C)Br)C1(C(F)c2nncn2C)COC1. The zero-order valence-electron chi connectivity index (χ0n) is 10.4. The minimum atomic E-state index is -1.27. The van der Waals surface area contributed by atoms with Crippen LogP contribution in [0.4, 0.5) is 4.39 Å². The highest BCUT2D eigenvalue weighted by molar-refractivity contribution is 9.11. The Labute approximate surface area is 114 Å². The molecular formula is C12H15BrFN3O. The molecule has 4 nitrogen and oxygen atoms in total. The van der Waals surface area contributed by atoms with E-state index in [1.54, 1.807) is 11.6 Å². The minimum absolute atomic E-state index is 0.306. The second-order valence-electron chi connectivity index (χ2n) is 4.57. The van der Waals surface area contributed by atoms with Crippen LogP contribution in [0.2, 0.25) is 0 Å². The molecule has 1 atom stereocenters. The Morgan fingerprint density at radius 1 is 1.72 bits per heavy atom. The molecule has 1 aliphatic heterocycles. The van der Waals surface area contributed by atoms with Crippen molar-refractivity contribution >= 4 is 15.9 Å². The average Bonchev–Trinajstić information content (AvgIpc) is 2.61. The molecule has 6 heteroatoms. The van der Waals surface area contributed by atoms with Gasteiger partial charge in [0.05, 0.1) is 18.6 Å². The van der Waals surface area contributed by atoms with E-state index in [0.717, 1.165) is 4.48 Å². The summed E-state index contributed by atoms with van der Waals surface area (Å²) in [6, 6.07) is 0. The third kappa shape index (κ3) is 2.14. The molecule has 0 spiro atoms. The summed E-state index contributed by atoms with van der Waals surface area (Å²) in [6.45, 7) is 6.48. The Hall–Kier alpha value is -1.01. The maximum Gasteiger partial charge on any atom is 0.174 e.